The summed E-state index contributed by atoms with van der Waals surface area (Å²) in [6.45, 7) is 0. The van der Waals surface area contributed by atoms with Gasteiger partial charge in [-0.1, -0.05) is 23.5 Å². The molecule has 3 nitrogen and oxygen atoms in total. The Hall–Kier alpha value is -1.79. The Balaban J connectivity index is 2.19. The lowest BCUT2D eigenvalue weighted by Crippen LogP contribution is -2.13. The Labute approximate surface area is 116 Å². The van der Waals surface area contributed by atoms with Crippen molar-refractivity contribution in [1.82, 2.24) is 4.57 Å². The second-order valence-electron chi connectivity index (χ2n) is 3.92. The smallest absolute Gasteiger partial charge is 0.289 e. The van der Waals surface area contributed by atoms with Crippen LogP contribution in [0.4, 0.5) is 4.39 Å². The molecule has 0 aliphatic rings. The molecule has 3 aromatic rings. The minimum atomic E-state index is -0.304. The van der Waals surface area contributed by atoms with Gasteiger partial charge in [0.25, 0.3) is 5.91 Å². The highest BCUT2D eigenvalue weighted by Crippen LogP contribution is 2.19. The monoisotopic (exact) mass is 292 g/mol. The van der Waals surface area contributed by atoms with E-state index in [1.54, 1.807) is 29.8 Å². The van der Waals surface area contributed by atoms with Crippen molar-refractivity contribution in [1.29, 1.82) is 0 Å². The number of para-hydroxylation sites is 1. The molecule has 1 amide bonds. The molecule has 0 aliphatic heterocycles. The number of nitrogens with zero attached hydrogens (tertiary/aromatic N) is 2. The third-order valence-corrected chi connectivity index (χ3v) is 4.66. The largest absolute Gasteiger partial charge is 0.317 e. The summed E-state index contributed by atoms with van der Waals surface area (Å²) in [5, 5.41) is 1.83. The fourth-order valence-corrected chi connectivity index (χ4v) is 3.44. The predicted molar refractivity (Wildman–Crippen MR) is 75.0 cm³/mol. The number of thiazole rings is 1. The van der Waals surface area contributed by atoms with Crippen LogP contribution in [0.2, 0.25) is 0 Å². The van der Waals surface area contributed by atoms with E-state index in [0.29, 0.717) is 15.2 Å². The number of hydrogen-bond acceptors (Lipinski definition) is 3. The molecule has 0 fully saturated rings. The maximum atomic E-state index is 13.7. The number of thiophene rings is 1. The van der Waals surface area contributed by atoms with Gasteiger partial charge in [-0.25, -0.2) is 4.39 Å². The Bertz CT molecular complexity index is 815. The molecule has 3 rings (SSSR count). The number of rotatable bonds is 1. The van der Waals surface area contributed by atoms with Crippen molar-refractivity contribution in [3.63, 3.8) is 0 Å². The van der Waals surface area contributed by atoms with Crippen LogP contribution in [0.1, 0.15) is 9.67 Å². The number of carbonyl (C=O) groups is 1. The van der Waals surface area contributed by atoms with E-state index >= 15 is 0 Å². The molecule has 96 valence electrons. The van der Waals surface area contributed by atoms with Crippen LogP contribution >= 0.6 is 22.7 Å². The van der Waals surface area contributed by atoms with Gasteiger partial charge in [-0.05, 0) is 23.6 Å². The first-order valence-electron chi connectivity index (χ1n) is 5.53. The number of aromatic nitrogens is 1. The summed E-state index contributed by atoms with van der Waals surface area (Å²) >= 11 is 2.65. The first-order chi connectivity index (χ1) is 9.16. The average molecular weight is 292 g/mol. The van der Waals surface area contributed by atoms with E-state index in [1.165, 1.54) is 28.7 Å². The molecule has 0 N–H and O–H groups in total. The molecule has 0 saturated heterocycles. The zero-order valence-electron chi connectivity index (χ0n) is 9.96. The number of benzene rings is 1. The van der Waals surface area contributed by atoms with E-state index in [1.807, 2.05) is 11.4 Å². The van der Waals surface area contributed by atoms with Gasteiger partial charge < -0.3 is 4.57 Å². The van der Waals surface area contributed by atoms with E-state index in [2.05, 4.69) is 4.99 Å². The molecular formula is C13H9FN2OS2. The molecule has 6 heteroatoms. The van der Waals surface area contributed by atoms with E-state index < -0.39 is 0 Å². The fourth-order valence-electron chi connectivity index (χ4n) is 1.81. The molecule has 2 aromatic heterocycles. The summed E-state index contributed by atoms with van der Waals surface area (Å²) in [7, 11) is 1.71. The van der Waals surface area contributed by atoms with Crippen LogP contribution < -0.4 is 4.80 Å². The third-order valence-electron chi connectivity index (χ3n) is 2.70. The first-order valence-corrected chi connectivity index (χ1v) is 7.23. The van der Waals surface area contributed by atoms with Crippen molar-refractivity contribution in [2.75, 3.05) is 0 Å². The van der Waals surface area contributed by atoms with Crippen molar-refractivity contribution in [2.45, 2.75) is 0 Å². The second kappa shape index (κ2) is 4.71. The normalized spacial score (nSPS) is 12.2. The summed E-state index contributed by atoms with van der Waals surface area (Å²) in [6, 6.07) is 8.40. The highest BCUT2D eigenvalue weighted by molar-refractivity contribution is 7.16. The molecule has 0 radical (unpaired) electrons. The predicted octanol–water partition coefficient (Wildman–Crippen LogP) is 3.18. The summed E-state index contributed by atoms with van der Waals surface area (Å²) < 4.78 is 16.1. The number of aryl methyl sites for hydroxylation is 1. The summed E-state index contributed by atoms with van der Waals surface area (Å²) in [5.41, 5.74) is 0.477. The van der Waals surface area contributed by atoms with Gasteiger partial charge in [0.1, 0.15) is 5.82 Å². The van der Waals surface area contributed by atoms with Crippen molar-refractivity contribution < 1.29 is 9.18 Å². The van der Waals surface area contributed by atoms with Gasteiger partial charge in [0.15, 0.2) is 4.80 Å². The molecule has 1 aromatic carbocycles. The van der Waals surface area contributed by atoms with Crippen LogP contribution in [0, 0.1) is 5.82 Å². The van der Waals surface area contributed by atoms with Crippen LogP contribution in [0.5, 0.6) is 0 Å². The molecule has 0 unspecified atom stereocenters. The number of amides is 1. The van der Waals surface area contributed by atoms with Gasteiger partial charge in [0.05, 0.1) is 15.1 Å². The second-order valence-corrected chi connectivity index (χ2v) is 5.88. The van der Waals surface area contributed by atoms with E-state index in [-0.39, 0.29) is 11.7 Å². The van der Waals surface area contributed by atoms with E-state index in [4.69, 9.17) is 0 Å². The van der Waals surface area contributed by atoms with E-state index in [0.717, 1.165) is 4.70 Å². The molecule has 2 heterocycles. The van der Waals surface area contributed by atoms with Crippen LogP contribution in [-0.2, 0) is 7.05 Å². The van der Waals surface area contributed by atoms with E-state index in [9.17, 15) is 9.18 Å². The summed E-state index contributed by atoms with van der Waals surface area (Å²) in [5.74, 6) is -0.598. The molecule has 19 heavy (non-hydrogen) atoms. The average Bonchev–Trinajstić information content (AvgIpc) is 2.99. The lowest BCUT2D eigenvalue weighted by molar-refractivity contribution is 0.100. The topological polar surface area (TPSA) is 34.4 Å². The summed E-state index contributed by atoms with van der Waals surface area (Å²) in [6.07, 6.45) is 0. The Kier molecular flexibility index (Phi) is 3.04. The highest BCUT2D eigenvalue weighted by Gasteiger charge is 2.10. The van der Waals surface area contributed by atoms with Gasteiger partial charge >= 0.3 is 0 Å². The van der Waals surface area contributed by atoms with Crippen LogP contribution in [0.25, 0.3) is 10.2 Å². The maximum Gasteiger partial charge on any atom is 0.289 e. The van der Waals surface area contributed by atoms with Crippen molar-refractivity contribution in [3.8, 4) is 0 Å². The number of halogens is 1. The Morgan fingerprint density at radius 3 is 2.84 bits per heavy atom. The molecule has 0 aliphatic carbocycles. The van der Waals surface area contributed by atoms with Crippen LogP contribution in [-0.4, -0.2) is 10.5 Å². The Morgan fingerprint density at radius 1 is 1.32 bits per heavy atom. The van der Waals surface area contributed by atoms with Gasteiger partial charge in [0.2, 0.25) is 0 Å². The maximum absolute atomic E-state index is 13.7. The first kappa shape index (κ1) is 12.3. The molecule has 0 saturated carbocycles. The fraction of sp³-hybridized carbons (Fsp3) is 0.0769. The zero-order valence-corrected chi connectivity index (χ0v) is 11.6. The number of carbonyl (C=O) groups excluding carboxylic acids is 1. The van der Waals surface area contributed by atoms with Gasteiger partial charge in [-0.2, -0.15) is 4.99 Å². The lowest BCUT2D eigenvalue weighted by atomic mass is 10.3. The lowest BCUT2D eigenvalue weighted by Gasteiger charge is -1.96. The van der Waals surface area contributed by atoms with Gasteiger partial charge in [-0.15, -0.1) is 11.3 Å². The van der Waals surface area contributed by atoms with Gasteiger partial charge in [-0.3, -0.25) is 4.79 Å². The number of hydrogen-bond donors (Lipinski definition) is 0. The zero-order chi connectivity index (χ0) is 13.4. The SMILES string of the molecule is Cn1c(=NC(=O)c2cccs2)sc2cccc(F)c21. The Morgan fingerprint density at radius 2 is 2.16 bits per heavy atom. The van der Waals surface area contributed by atoms with Gasteiger partial charge in [0, 0.05) is 7.05 Å². The van der Waals surface area contributed by atoms with Crippen LogP contribution in [0.3, 0.4) is 0 Å². The minimum Gasteiger partial charge on any atom is -0.317 e. The van der Waals surface area contributed by atoms with Crippen molar-refractivity contribution in [3.05, 3.63) is 51.2 Å². The summed E-state index contributed by atoms with van der Waals surface area (Å²) in [4.78, 5) is 17.1. The molecular weight excluding hydrogens is 283 g/mol. The minimum absolute atomic E-state index is 0.294. The number of fused-ring (bicyclic) bond motifs is 1. The van der Waals surface area contributed by atoms with Crippen molar-refractivity contribution in [2.24, 2.45) is 12.0 Å². The molecule has 0 spiro atoms. The quantitative estimate of drug-likeness (QED) is 0.678. The standard InChI is InChI=1S/C13H9FN2OS2/c1-16-11-8(14)4-2-5-9(11)19-13(16)15-12(17)10-6-3-7-18-10/h2-7H,1H3. The molecule has 0 atom stereocenters. The van der Waals surface area contributed by atoms with Crippen LogP contribution in [0.15, 0.2) is 40.7 Å². The molecule has 0 bridgehead atoms. The van der Waals surface area contributed by atoms with Crippen molar-refractivity contribution >= 4 is 38.8 Å². The third kappa shape index (κ3) is 2.13. The highest BCUT2D eigenvalue weighted by atomic mass is 32.1.